The molecule has 0 saturated carbocycles. The maximum Gasteiger partial charge on any atom is 0.225 e. The molecule has 0 spiro atoms. The molecule has 0 aliphatic heterocycles. The minimum Gasteiger partial charge on any atom is -0.467 e. The highest BCUT2D eigenvalue weighted by atomic mass is 35.5. The zero-order chi connectivity index (χ0) is 13.4. The third kappa shape index (κ3) is 2.27. The highest BCUT2D eigenvalue weighted by Crippen LogP contribution is 2.30. The first-order chi connectivity index (χ1) is 9.15. The Morgan fingerprint density at radius 3 is 2.95 bits per heavy atom. The van der Waals surface area contributed by atoms with Gasteiger partial charge in [0.15, 0.2) is 0 Å². The second-order valence-electron chi connectivity index (χ2n) is 4.07. The van der Waals surface area contributed by atoms with Crippen molar-refractivity contribution in [3.8, 4) is 0 Å². The molecule has 98 valence electrons. The molecule has 1 N–H and O–H groups in total. The van der Waals surface area contributed by atoms with E-state index in [9.17, 15) is 0 Å². The fourth-order valence-corrected chi connectivity index (χ4v) is 2.41. The molecular weight excluding hydrogens is 287 g/mol. The molecule has 19 heavy (non-hydrogen) atoms. The van der Waals surface area contributed by atoms with Crippen LogP contribution in [0.2, 0.25) is 10.4 Å². The van der Waals surface area contributed by atoms with Crippen LogP contribution in [0, 0.1) is 0 Å². The van der Waals surface area contributed by atoms with Crippen molar-refractivity contribution in [2.75, 3.05) is 5.32 Å². The molecule has 0 fully saturated rings. The lowest BCUT2D eigenvalue weighted by Crippen LogP contribution is -1.97. The summed E-state index contributed by atoms with van der Waals surface area (Å²) in [6.45, 7) is 0.561. The molecular formula is C12H10Cl2N4O. The lowest BCUT2D eigenvalue weighted by molar-refractivity contribution is 0.518. The minimum atomic E-state index is 0.135. The van der Waals surface area contributed by atoms with Gasteiger partial charge in [0.2, 0.25) is 5.28 Å². The van der Waals surface area contributed by atoms with Crippen molar-refractivity contribution in [3.63, 3.8) is 0 Å². The SMILES string of the molecule is Cn1cc(NCc2ccco2)c2c(Cl)nc(Cl)nc21. The van der Waals surface area contributed by atoms with Gasteiger partial charge in [-0.15, -0.1) is 0 Å². The zero-order valence-electron chi connectivity index (χ0n) is 10.0. The maximum atomic E-state index is 6.13. The summed E-state index contributed by atoms with van der Waals surface area (Å²) in [5, 5.41) is 4.47. The molecule has 3 rings (SSSR count). The van der Waals surface area contributed by atoms with Crippen LogP contribution < -0.4 is 5.32 Å². The molecule has 5 nitrogen and oxygen atoms in total. The van der Waals surface area contributed by atoms with Gasteiger partial charge in [-0.2, -0.15) is 4.98 Å². The fraction of sp³-hybridized carbons (Fsp3) is 0.167. The molecule has 0 aliphatic rings. The Hall–Kier alpha value is -1.72. The van der Waals surface area contributed by atoms with Gasteiger partial charge in [-0.1, -0.05) is 11.6 Å². The van der Waals surface area contributed by atoms with Crippen LogP contribution in [0.5, 0.6) is 0 Å². The number of anilines is 1. The first-order valence-corrected chi connectivity index (χ1v) is 6.35. The Balaban J connectivity index is 1.99. The highest BCUT2D eigenvalue weighted by molar-refractivity contribution is 6.36. The molecule has 0 radical (unpaired) electrons. The number of aryl methyl sites for hydroxylation is 1. The molecule has 0 bridgehead atoms. The average molecular weight is 297 g/mol. The summed E-state index contributed by atoms with van der Waals surface area (Å²) in [7, 11) is 1.88. The Morgan fingerprint density at radius 1 is 1.37 bits per heavy atom. The predicted molar refractivity (Wildman–Crippen MR) is 74.6 cm³/mol. The minimum absolute atomic E-state index is 0.135. The van der Waals surface area contributed by atoms with Crippen LogP contribution in [-0.2, 0) is 13.6 Å². The summed E-state index contributed by atoms with van der Waals surface area (Å²) < 4.78 is 7.12. The fourth-order valence-electron chi connectivity index (χ4n) is 1.93. The van der Waals surface area contributed by atoms with E-state index in [1.807, 2.05) is 29.9 Å². The van der Waals surface area contributed by atoms with Gasteiger partial charge < -0.3 is 14.3 Å². The number of nitrogens with zero attached hydrogens (tertiary/aromatic N) is 3. The van der Waals surface area contributed by atoms with Crippen LogP contribution in [0.15, 0.2) is 29.0 Å². The van der Waals surface area contributed by atoms with Crippen LogP contribution in [0.4, 0.5) is 5.69 Å². The molecule has 3 heterocycles. The standard InChI is InChI=1S/C12H10Cl2N4O/c1-18-6-8(15-5-7-3-2-4-19-7)9-10(13)16-12(14)17-11(9)18/h2-4,6,15H,5H2,1H3. The second kappa shape index (κ2) is 4.75. The van der Waals surface area contributed by atoms with Crippen molar-refractivity contribution in [2.24, 2.45) is 7.05 Å². The van der Waals surface area contributed by atoms with Gasteiger partial charge in [0.1, 0.15) is 16.6 Å². The topological polar surface area (TPSA) is 55.9 Å². The molecule has 3 aromatic rings. The van der Waals surface area contributed by atoms with Crippen LogP contribution >= 0.6 is 23.2 Å². The van der Waals surface area contributed by atoms with Crippen molar-refractivity contribution in [1.29, 1.82) is 0 Å². The van der Waals surface area contributed by atoms with Gasteiger partial charge in [-0.05, 0) is 23.7 Å². The molecule has 0 aromatic carbocycles. The lowest BCUT2D eigenvalue weighted by atomic mass is 10.3. The highest BCUT2D eigenvalue weighted by Gasteiger charge is 2.14. The van der Waals surface area contributed by atoms with E-state index in [1.165, 1.54) is 0 Å². The zero-order valence-corrected chi connectivity index (χ0v) is 11.5. The number of halogens is 2. The van der Waals surface area contributed by atoms with Crippen LogP contribution in [0.3, 0.4) is 0 Å². The number of hydrogen-bond donors (Lipinski definition) is 1. The third-order valence-corrected chi connectivity index (χ3v) is 3.22. The van der Waals surface area contributed by atoms with Gasteiger partial charge in [-0.25, -0.2) is 4.98 Å². The summed E-state index contributed by atoms with van der Waals surface area (Å²) >= 11 is 11.9. The third-order valence-electron chi connectivity index (χ3n) is 2.78. The van der Waals surface area contributed by atoms with E-state index in [2.05, 4.69) is 15.3 Å². The van der Waals surface area contributed by atoms with E-state index in [0.29, 0.717) is 17.3 Å². The van der Waals surface area contributed by atoms with Gasteiger partial charge in [0.25, 0.3) is 0 Å². The van der Waals surface area contributed by atoms with Gasteiger partial charge in [0.05, 0.1) is 23.9 Å². The average Bonchev–Trinajstić information content (AvgIpc) is 2.95. The summed E-state index contributed by atoms with van der Waals surface area (Å²) in [6, 6.07) is 3.74. The van der Waals surface area contributed by atoms with Gasteiger partial charge in [-0.3, -0.25) is 0 Å². The molecule has 0 atom stereocenters. The van der Waals surface area contributed by atoms with Crippen molar-refractivity contribution in [3.05, 3.63) is 40.8 Å². The van der Waals surface area contributed by atoms with E-state index in [1.54, 1.807) is 6.26 Å². The van der Waals surface area contributed by atoms with Gasteiger partial charge >= 0.3 is 0 Å². The first kappa shape index (κ1) is 12.3. The number of rotatable bonds is 3. The van der Waals surface area contributed by atoms with E-state index in [-0.39, 0.29) is 5.28 Å². The molecule has 7 heteroatoms. The van der Waals surface area contributed by atoms with Crippen molar-refractivity contribution < 1.29 is 4.42 Å². The number of fused-ring (bicyclic) bond motifs is 1. The van der Waals surface area contributed by atoms with Gasteiger partial charge in [0, 0.05) is 13.2 Å². The van der Waals surface area contributed by atoms with Crippen LogP contribution in [0.1, 0.15) is 5.76 Å². The quantitative estimate of drug-likeness (QED) is 0.594. The van der Waals surface area contributed by atoms with E-state index in [0.717, 1.165) is 16.8 Å². The normalized spacial score (nSPS) is 11.1. The molecule has 0 aliphatic carbocycles. The van der Waals surface area contributed by atoms with E-state index < -0.39 is 0 Å². The summed E-state index contributed by atoms with van der Waals surface area (Å²) in [5.74, 6) is 0.836. The van der Waals surface area contributed by atoms with E-state index >= 15 is 0 Å². The Labute approximate surface area is 119 Å². The molecule has 0 amide bonds. The van der Waals surface area contributed by atoms with Crippen molar-refractivity contribution >= 4 is 39.9 Å². The Bertz CT molecular complexity index is 721. The summed E-state index contributed by atoms with van der Waals surface area (Å²) in [5.41, 5.74) is 1.53. The molecule has 0 saturated heterocycles. The monoisotopic (exact) mass is 296 g/mol. The summed E-state index contributed by atoms with van der Waals surface area (Å²) in [6.07, 6.45) is 3.53. The van der Waals surface area contributed by atoms with Crippen molar-refractivity contribution in [1.82, 2.24) is 14.5 Å². The first-order valence-electron chi connectivity index (χ1n) is 5.59. The Kier molecular flexibility index (Phi) is 3.08. The summed E-state index contributed by atoms with van der Waals surface area (Å²) in [4.78, 5) is 8.13. The Morgan fingerprint density at radius 2 is 2.21 bits per heavy atom. The number of aromatic nitrogens is 3. The number of furan rings is 1. The molecule has 3 aromatic heterocycles. The maximum absolute atomic E-state index is 6.13. The van der Waals surface area contributed by atoms with E-state index in [4.69, 9.17) is 27.6 Å². The predicted octanol–water partition coefficient (Wildman–Crippen LogP) is 3.48. The molecule has 0 unspecified atom stereocenters. The van der Waals surface area contributed by atoms with Crippen molar-refractivity contribution in [2.45, 2.75) is 6.54 Å². The number of nitrogens with one attached hydrogen (secondary N) is 1. The smallest absolute Gasteiger partial charge is 0.225 e. The lowest BCUT2D eigenvalue weighted by Gasteiger charge is -2.03. The van der Waals surface area contributed by atoms with Crippen LogP contribution in [-0.4, -0.2) is 14.5 Å². The second-order valence-corrected chi connectivity index (χ2v) is 4.76. The largest absolute Gasteiger partial charge is 0.467 e. The van der Waals surface area contributed by atoms with Crippen LogP contribution in [0.25, 0.3) is 11.0 Å². The number of hydrogen-bond acceptors (Lipinski definition) is 4.